The van der Waals surface area contributed by atoms with E-state index in [9.17, 15) is 0 Å². The van der Waals surface area contributed by atoms with Gasteiger partial charge in [0, 0.05) is 6.21 Å². The zero-order chi connectivity index (χ0) is 7.23. The van der Waals surface area contributed by atoms with Gasteiger partial charge in [0.1, 0.15) is 0 Å². The summed E-state index contributed by atoms with van der Waals surface area (Å²) in [6.07, 6.45) is 5.09. The van der Waals surface area contributed by atoms with E-state index >= 15 is 0 Å². The summed E-state index contributed by atoms with van der Waals surface area (Å²) in [5.41, 5.74) is 1.17. The molecule has 0 radical (unpaired) electrons. The van der Waals surface area contributed by atoms with Gasteiger partial charge in [-0.1, -0.05) is 0 Å². The molecule has 0 aliphatic carbocycles. The van der Waals surface area contributed by atoms with E-state index in [1.807, 2.05) is 18.0 Å². The molecule has 2 nitrogen and oxygen atoms in total. The molecule has 0 aromatic heterocycles. The number of aliphatic imine (C=N–C) groups is 2. The Morgan fingerprint density at radius 2 is 2.50 bits per heavy atom. The third-order valence-electron chi connectivity index (χ3n) is 1.35. The largest absolute Gasteiger partial charge is 0.289 e. The lowest BCUT2D eigenvalue weighted by atomic mass is 10.3. The van der Waals surface area contributed by atoms with Crippen LogP contribution in [0.25, 0.3) is 0 Å². The quantitative estimate of drug-likeness (QED) is 0.604. The van der Waals surface area contributed by atoms with E-state index < -0.39 is 0 Å². The molecule has 0 saturated carbocycles. The minimum Gasteiger partial charge on any atom is -0.289 e. The van der Waals surface area contributed by atoms with Crippen molar-refractivity contribution in [3.05, 3.63) is 0 Å². The number of hydrogen-bond donors (Lipinski definition) is 0. The lowest BCUT2D eigenvalue weighted by Gasteiger charge is -2.03. The second-order valence-corrected chi connectivity index (χ2v) is 3.14. The highest BCUT2D eigenvalue weighted by atomic mass is 32.2. The predicted molar refractivity (Wildman–Crippen MR) is 48.7 cm³/mol. The van der Waals surface area contributed by atoms with Crippen LogP contribution in [-0.2, 0) is 0 Å². The first-order chi connectivity index (χ1) is 4.93. The van der Waals surface area contributed by atoms with Crippen LogP contribution < -0.4 is 0 Å². The molecule has 0 spiro atoms. The zero-order valence-electron chi connectivity index (χ0n) is 6.21. The summed E-state index contributed by atoms with van der Waals surface area (Å²) < 4.78 is 0. The van der Waals surface area contributed by atoms with E-state index in [1.54, 1.807) is 0 Å². The third kappa shape index (κ3) is 2.52. The summed E-state index contributed by atoms with van der Waals surface area (Å²) in [7, 11) is 0. The van der Waals surface area contributed by atoms with Gasteiger partial charge in [0.25, 0.3) is 0 Å². The van der Waals surface area contributed by atoms with Gasteiger partial charge in [-0.15, -0.1) is 0 Å². The first-order valence-corrected chi connectivity index (χ1v) is 4.85. The molecule has 0 N–H and O–H groups in total. The van der Waals surface area contributed by atoms with E-state index in [4.69, 9.17) is 0 Å². The van der Waals surface area contributed by atoms with Gasteiger partial charge in [-0.3, -0.25) is 9.98 Å². The summed E-state index contributed by atoms with van der Waals surface area (Å²) in [6.45, 7) is 1.77. The Morgan fingerprint density at radius 1 is 1.60 bits per heavy atom. The minimum atomic E-state index is 0.878. The molecular weight excluding hydrogens is 144 g/mol. The molecule has 3 heteroatoms. The van der Waals surface area contributed by atoms with Gasteiger partial charge < -0.3 is 0 Å². The number of hydrogen-bond acceptors (Lipinski definition) is 3. The molecule has 56 valence electrons. The SMILES string of the molecule is CSCCC1=NCCN=C1. The molecule has 0 fully saturated rings. The summed E-state index contributed by atoms with van der Waals surface area (Å²) in [6, 6.07) is 0. The molecule has 0 aromatic carbocycles. The molecule has 0 bridgehead atoms. The van der Waals surface area contributed by atoms with Crippen LogP contribution in [0.1, 0.15) is 6.42 Å². The minimum absolute atomic E-state index is 0.878. The van der Waals surface area contributed by atoms with Crippen LogP contribution in [0.2, 0.25) is 0 Å². The average Bonchev–Trinajstić information content (AvgIpc) is 2.03. The summed E-state index contributed by atoms with van der Waals surface area (Å²) in [4.78, 5) is 8.47. The van der Waals surface area contributed by atoms with Crippen molar-refractivity contribution in [1.82, 2.24) is 0 Å². The lowest BCUT2D eigenvalue weighted by molar-refractivity contribution is 0.961. The van der Waals surface area contributed by atoms with Crippen LogP contribution in [0.4, 0.5) is 0 Å². The topological polar surface area (TPSA) is 24.7 Å². The van der Waals surface area contributed by atoms with Crippen molar-refractivity contribution >= 4 is 23.7 Å². The molecule has 0 saturated heterocycles. The van der Waals surface area contributed by atoms with E-state index in [2.05, 4.69) is 16.2 Å². The van der Waals surface area contributed by atoms with Gasteiger partial charge in [-0.2, -0.15) is 11.8 Å². The van der Waals surface area contributed by atoms with Crippen molar-refractivity contribution < 1.29 is 0 Å². The molecule has 1 rings (SSSR count). The Balaban J connectivity index is 2.26. The van der Waals surface area contributed by atoms with Crippen molar-refractivity contribution in [2.75, 3.05) is 25.1 Å². The first kappa shape index (κ1) is 7.79. The second-order valence-electron chi connectivity index (χ2n) is 2.15. The molecule has 1 heterocycles. The van der Waals surface area contributed by atoms with Crippen molar-refractivity contribution in [3.8, 4) is 0 Å². The molecule has 10 heavy (non-hydrogen) atoms. The molecule has 0 unspecified atom stereocenters. The third-order valence-corrected chi connectivity index (χ3v) is 1.96. The van der Waals surface area contributed by atoms with Gasteiger partial charge in [-0.05, 0) is 18.4 Å². The van der Waals surface area contributed by atoms with Crippen LogP contribution >= 0.6 is 11.8 Å². The average molecular weight is 156 g/mol. The van der Waals surface area contributed by atoms with Gasteiger partial charge >= 0.3 is 0 Å². The van der Waals surface area contributed by atoms with Gasteiger partial charge in [0.05, 0.1) is 18.8 Å². The molecular formula is C7H12N2S. The maximum atomic E-state index is 4.32. The number of nitrogens with zero attached hydrogens (tertiary/aromatic N) is 2. The monoisotopic (exact) mass is 156 g/mol. The van der Waals surface area contributed by atoms with Crippen LogP contribution in [-0.4, -0.2) is 37.0 Å². The highest BCUT2D eigenvalue weighted by Crippen LogP contribution is 1.98. The molecule has 0 amide bonds. The van der Waals surface area contributed by atoms with Gasteiger partial charge in [0.15, 0.2) is 0 Å². The van der Waals surface area contributed by atoms with E-state index in [0.29, 0.717) is 0 Å². The maximum Gasteiger partial charge on any atom is 0.0589 e. The van der Waals surface area contributed by atoms with Gasteiger partial charge in [0.2, 0.25) is 0 Å². The number of thioether (sulfide) groups is 1. The smallest absolute Gasteiger partial charge is 0.0589 e. The van der Waals surface area contributed by atoms with Crippen LogP contribution in [0.3, 0.4) is 0 Å². The standard InChI is InChI=1S/C7H12N2S/c1-10-5-2-7-6-8-3-4-9-7/h6H,2-5H2,1H3. The zero-order valence-corrected chi connectivity index (χ0v) is 7.02. The predicted octanol–water partition coefficient (Wildman–Crippen LogP) is 1.26. The lowest BCUT2D eigenvalue weighted by Crippen LogP contribution is -2.09. The Hall–Kier alpha value is -0.310. The molecule has 0 atom stereocenters. The molecule has 0 aromatic rings. The molecule has 1 aliphatic rings. The normalized spacial score (nSPS) is 17.1. The summed E-state index contributed by atoms with van der Waals surface area (Å²) in [5.74, 6) is 1.16. The van der Waals surface area contributed by atoms with Crippen LogP contribution in [0.15, 0.2) is 9.98 Å². The van der Waals surface area contributed by atoms with Crippen molar-refractivity contribution in [3.63, 3.8) is 0 Å². The summed E-state index contributed by atoms with van der Waals surface area (Å²) >= 11 is 1.85. The molecule has 1 aliphatic heterocycles. The summed E-state index contributed by atoms with van der Waals surface area (Å²) in [5, 5.41) is 0. The highest BCUT2D eigenvalue weighted by molar-refractivity contribution is 7.98. The Kier molecular flexibility index (Phi) is 3.50. The van der Waals surface area contributed by atoms with Crippen LogP contribution in [0.5, 0.6) is 0 Å². The maximum absolute atomic E-state index is 4.32. The fraction of sp³-hybridized carbons (Fsp3) is 0.714. The van der Waals surface area contributed by atoms with Gasteiger partial charge in [-0.25, -0.2) is 0 Å². The van der Waals surface area contributed by atoms with Crippen molar-refractivity contribution in [1.29, 1.82) is 0 Å². The van der Waals surface area contributed by atoms with Crippen molar-refractivity contribution in [2.45, 2.75) is 6.42 Å². The number of rotatable bonds is 3. The fourth-order valence-corrected chi connectivity index (χ4v) is 1.23. The Labute approximate surface area is 65.8 Å². The van der Waals surface area contributed by atoms with Crippen LogP contribution in [0, 0.1) is 0 Å². The highest BCUT2D eigenvalue weighted by Gasteiger charge is 1.97. The fourth-order valence-electron chi connectivity index (χ4n) is 0.812. The van der Waals surface area contributed by atoms with Crippen molar-refractivity contribution in [2.24, 2.45) is 9.98 Å². The Morgan fingerprint density at radius 3 is 3.10 bits per heavy atom. The van der Waals surface area contributed by atoms with E-state index in [0.717, 1.165) is 25.3 Å². The van der Waals surface area contributed by atoms with E-state index in [1.165, 1.54) is 5.71 Å². The van der Waals surface area contributed by atoms with E-state index in [-0.39, 0.29) is 0 Å². The first-order valence-electron chi connectivity index (χ1n) is 3.45. The Bertz CT molecular complexity index is 152. The second kappa shape index (κ2) is 4.50.